The van der Waals surface area contributed by atoms with Gasteiger partial charge >= 0.3 is 0 Å². The van der Waals surface area contributed by atoms with Crippen molar-refractivity contribution in [3.63, 3.8) is 0 Å². The van der Waals surface area contributed by atoms with E-state index in [0.717, 1.165) is 45.1 Å². The number of aryl methyl sites for hydroxylation is 1. The molecular weight excluding hydrogens is 236 g/mol. The lowest BCUT2D eigenvalue weighted by Gasteiger charge is -2.20. The zero-order valence-electron chi connectivity index (χ0n) is 12.8. The molecule has 0 aliphatic rings. The van der Waals surface area contributed by atoms with Crippen molar-refractivity contribution >= 4 is 0 Å². The predicted octanol–water partition coefficient (Wildman–Crippen LogP) is 2.83. The minimum absolute atomic E-state index is 0.756. The SMILES string of the molecule is CCNCc1cccc(C)c1OCCN(CC)CC. The summed E-state index contributed by atoms with van der Waals surface area (Å²) in [4.78, 5) is 2.38. The van der Waals surface area contributed by atoms with Gasteiger partial charge in [-0.1, -0.05) is 39.0 Å². The molecule has 0 aliphatic carbocycles. The third-order valence-corrected chi connectivity index (χ3v) is 3.41. The van der Waals surface area contributed by atoms with E-state index < -0.39 is 0 Å². The molecule has 0 saturated carbocycles. The molecule has 1 rings (SSSR count). The Morgan fingerprint density at radius 2 is 1.89 bits per heavy atom. The largest absolute Gasteiger partial charge is 0.492 e. The Balaban J connectivity index is 2.60. The summed E-state index contributed by atoms with van der Waals surface area (Å²) < 4.78 is 6.02. The highest BCUT2D eigenvalue weighted by molar-refractivity contribution is 5.40. The molecule has 1 aromatic rings. The minimum Gasteiger partial charge on any atom is -0.492 e. The molecule has 0 spiro atoms. The van der Waals surface area contributed by atoms with Crippen molar-refractivity contribution in [3.05, 3.63) is 29.3 Å². The highest BCUT2D eigenvalue weighted by Gasteiger charge is 2.07. The van der Waals surface area contributed by atoms with Gasteiger partial charge in [0.25, 0.3) is 0 Å². The third-order valence-electron chi connectivity index (χ3n) is 3.41. The van der Waals surface area contributed by atoms with Gasteiger partial charge in [0.15, 0.2) is 0 Å². The van der Waals surface area contributed by atoms with Crippen molar-refractivity contribution in [2.24, 2.45) is 0 Å². The van der Waals surface area contributed by atoms with Gasteiger partial charge in [0.1, 0.15) is 12.4 Å². The van der Waals surface area contributed by atoms with Crippen LogP contribution in [0.15, 0.2) is 18.2 Å². The average molecular weight is 264 g/mol. The average Bonchev–Trinajstić information content (AvgIpc) is 2.43. The Bertz CT molecular complexity index is 362. The van der Waals surface area contributed by atoms with E-state index in [-0.39, 0.29) is 0 Å². The summed E-state index contributed by atoms with van der Waals surface area (Å²) in [7, 11) is 0. The van der Waals surface area contributed by atoms with Crippen molar-refractivity contribution in [2.45, 2.75) is 34.2 Å². The maximum absolute atomic E-state index is 6.02. The van der Waals surface area contributed by atoms with Crippen LogP contribution in [0.5, 0.6) is 5.75 Å². The van der Waals surface area contributed by atoms with Crippen molar-refractivity contribution < 1.29 is 4.74 Å². The molecule has 3 nitrogen and oxygen atoms in total. The molecule has 0 radical (unpaired) electrons. The fourth-order valence-corrected chi connectivity index (χ4v) is 2.14. The van der Waals surface area contributed by atoms with Crippen LogP contribution in [-0.4, -0.2) is 37.7 Å². The standard InChI is InChI=1S/C16H28N2O/c1-5-17-13-15-10-8-9-14(4)16(15)19-12-11-18(6-2)7-3/h8-10,17H,5-7,11-13H2,1-4H3. The molecule has 3 heteroatoms. The van der Waals surface area contributed by atoms with Gasteiger partial charge in [0.2, 0.25) is 0 Å². The van der Waals surface area contributed by atoms with Crippen LogP contribution in [0.4, 0.5) is 0 Å². The number of nitrogens with one attached hydrogen (secondary N) is 1. The lowest BCUT2D eigenvalue weighted by Crippen LogP contribution is -2.28. The maximum atomic E-state index is 6.02. The highest BCUT2D eigenvalue weighted by atomic mass is 16.5. The smallest absolute Gasteiger partial charge is 0.126 e. The van der Waals surface area contributed by atoms with Crippen LogP contribution in [0.3, 0.4) is 0 Å². The molecule has 0 bridgehead atoms. The highest BCUT2D eigenvalue weighted by Crippen LogP contribution is 2.23. The van der Waals surface area contributed by atoms with Crippen LogP contribution in [-0.2, 0) is 6.54 Å². The van der Waals surface area contributed by atoms with E-state index in [1.165, 1.54) is 11.1 Å². The number of rotatable bonds is 9. The third kappa shape index (κ3) is 5.21. The number of hydrogen-bond acceptors (Lipinski definition) is 3. The molecule has 0 aromatic heterocycles. The lowest BCUT2D eigenvalue weighted by atomic mass is 10.1. The number of para-hydroxylation sites is 1. The van der Waals surface area contributed by atoms with Gasteiger partial charge in [-0.3, -0.25) is 0 Å². The van der Waals surface area contributed by atoms with Crippen LogP contribution in [0.1, 0.15) is 31.9 Å². The zero-order valence-corrected chi connectivity index (χ0v) is 12.8. The molecule has 0 amide bonds. The molecule has 0 atom stereocenters. The van der Waals surface area contributed by atoms with Crippen LogP contribution < -0.4 is 10.1 Å². The molecule has 0 fully saturated rings. The summed E-state index contributed by atoms with van der Waals surface area (Å²) in [5.74, 6) is 1.05. The maximum Gasteiger partial charge on any atom is 0.126 e. The summed E-state index contributed by atoms with van der Waals surface area (Å²) in [6.07, 6.45) is 0. The van der Waals surface area contributed by atoms with Crippen LogP contribution in [0, 0.1) is 6.92 Å². The fraction of sp³-hybridized carbons (Fsp3) is 0.625. The van der Waals surface area contributed by atoms with E-state index in [9.17, 15) is 0 Å². The van der Waals surface area contributed by atoms with E-state index >= 15 is 0 Å². The van der Waals surface area contributed by atoms with Crippen molar-refractivity contribution in [1.82, 2.24) is 10.2 Å². The number of benzene rings is 1. The lowest BCUT2D eigenvalue weighted by molar-refractivity contribution is 0.220. The first-order valence-corrected chi connectivity index (χ1v) is 7.37. The van der Waals surface area contributed by atoms with Crippen LogP contribution in [0.2, 0.25) is 0 Å². The normalized spacial score (nSPS) is 11.0. The number of nitrogens with zero attached hydrogens (tertiary/aromatic N) is 1. The van der Waals surface area contributed by atoms with Gasteiger partial charge in [0, 0.05) is 18.7 Å². The first kappa shape index (κ1) is 16.0. The van der Waals surface area contributed by atoms with Gasteiger partial charge in [-0.2, -0.15) is 0 Å². The van der Waals surface area contributed by atoms with Gasteiger partial charge < -0.3 is 15.0 Å². The van der Waals surface area contributed by atoms with E-state index in [4.69, 9.17) is 4.74 Å². The molecule has 0 heterocycles. The second kappa shape index (κ2) is 8.94. The molecule has 0 aliphatic heterocycles. The Labute approximate surface area is 118 Å². The minimum atomic E-state index is 0.756. The first-order valence-electron chi connectivity index (χ1n) is 7.37. The first-order chi connectivity index (χ1) is 9.22. The summed E-state index contributed by atoms with van der Waals surface area (Å²) in [5.41, 5.74) is 2.47. The number of likely N-dealkylation sites (N-methyl/N-ethyl adjacent to an activating group) is 1. The molecule has 1 aromatic carbocycles. The van der Waals surface area contributed by atoms with E-state index in [2.05, 4.69) is 56.1 Å². The van der Waals surface area contributed by atoms with Crippen molar-refractivity contribution in [1.29, 1.82) is 0 Å². The second-order valence-electron chi connectivity index (χ2n) is 4.72. The second-order valence-corrected chi connectivity index (χ2v) is 4.72. The van der Waals surface area contributed by atoms with Gasteiger partial charge in [-0.15, -0.1) is 0 Å². The zero-order chi connectivity index (χ0) is 14.1. The van der Waals surface area contributed by atoms with Crippen molar-refractivity contribution in [2.75, 3.05) is 32.8 Å². The molecule has 108 valence electrons. The topological polar surface area (TPSA) is 24.5 Å². The van der Waals surface area contributed by atoms with Crippen LogP contribution >= 0.6 is 0 Å². The van der Waals surface area contributed by atoms with Gasteiger partial charge in [-0.05, 0) is 32.1 Å². The predicted molar refractivity (Wildman–Crippen MR) is 81.8 cm³/mol. The summed E-state index contributed by atoms with van der Waals surface area (Å²) in [6.45, 7) is 14.4. The van der Waals surface area contributed by atoms with E-state index in [0.29, 0.717) is 0 Å². The van der Waals surface area contributed by atoms with E-state index in [1.807, 2.05) is 0 Å². The Kier molecular flexibility index (Phi) is 7.53. The van der Waals surface area contributed by atoms with Gasteiger partial charge in [0.05, 0.1) is 0 Å². The van der Waals surface area contributed by atoms with Crippen molar-refractivity contribution in [3.8, 4) is 5.75 Å². The van der Waals surface area contributed by atoms with Gasteiger partial charge in [-0.25, -0.2) is 0 Å². The van der Waals surface area contributed by atoms with E-state index in [1.54, 1.807) is 0 Å². The fourth-order valence-electron chi connectivity index (χ4n) is 2.14. The number of hydrogen-bond donors (Lipinski definition) is 1. The number of ether oxygens (including phenoxy) is 1. The summed E-state index contributed by atoms with van der Waals surface area (Å²) >= 11 is 0. The Morgan fingerprint density at radius 3 is 2.53 bits per heavy atom. The molecule has 0 saturated heterocycles. The molecule has 1 N–H and O–H groups in total. The van der Waals surface area contributed by atoms with Crippen LogP contribution in [0.25, 0.3) is 0 Å². The molecular formula is C16H28N2O. The quantitative estimate of drug-likeness (QED) is 0.742. The Hall–Kier alpha value is -1.06. The summed E-state index contributed by atoms with van der Waals surface area (Å²) in [5, 5.41) is 3.36. The summed E-state index contributed by atoms with van der Waals surface area (Å²) in [6, 6.07) is 6.35. The monoisotopic (exact) mass is 264 g/mol. The Morgan fingerprint density at radius 1 is 1.16 bits per heavy atom. The molecule has 0 unspecified atom stereocenters. The molecule has 19 heavy (non-hydrogen) atoms.